The molecular weight excluding hydrogens is 187 g/mol. The summed E-state index contributed by atoms with van der Waals surface area (Å²) in [6, 6.07) is 0. The van der Waals surface area contributed by atoms with Crippen molar-refractivity contribution in [1.82, 2.24) is 0 Å². The van der Waals surface area contributed by atoms with Crippen molar-refractivity contribution in [1.29, 1.82) is 0 Å². The molecule has 0 amide bonds. The van der Waals surface area contributed by atoms with Crippen LogP contribution in [0.2, 0.25) is 0 Å². The summed E-state index contributed by atoms with van der Waals surface area (Å²) in [6.07, 6.45) is 3.81. The number of rotatable bonds is 3. The quantitative estimate of drug-likeness (QED) is 0.486. The molecule has 9 heavy (non-hydrogen) atoms. The Hall–Kier alpha value is 0.774. The van der Waals surface area contributed by atoms with E-state index in [1.165, 1.54) is 0 Å². The SMILES string of the molecule is [CH2-]CCN=[C-]C(C)C.[Y]. The molecule has 0 unspecified atom stereocenters. The molecule has 51 valence electrons. The molecule has 0 spiro atoms. The number of hydrogen-bond acceptors (Lipinski definition) is 1. The average molecular weight is 200 g/mol. The van der Waals surface area contributed by atoms with Gasteiger partial charge in [-0.2, -0.15) is 12.3 Å². The van der Waals surface area contributed by atoms with Gasteiger partial charge in [0.25, 0.3) is 0 Å². The van der Waals surface area contributed by atoms with Gasteiger partial charge in [-0.05, 0) is 6.54 Å². The van der Waals surface area contributed by atoms with Crippen molar-refractivity contribution in [2.24, 2.45) is 10.9 Å². The van der Waals surface area contributed by atoms with Crippen molar-refractivity contribution in [3.63, 3.8) is 0 Å². The fourth-order valence-corrected chi connectivity index (χ4v) is 0.326. The predicted octanol–water partition coefficient (Wildman–Crippen LogP) is 1.81. The van der Waals surface area contributed by atoms with Crippen LogP contribution in [0.3, 0.4) is 0 Å². The zero-order chi connectivity index (χ0) is 6.41. The van der Waals surface area contributed by atoms with E-state index in [9.17, 15) is 0 Å². The Labute approximate surface area is 83.2 Å². The molecule has 0 N–H and O–H groups in total. The van der Waals surface area contributed by atoms with E-state index in [2.05, 4.69) is 32.0 Å². The third-order valence-corrected chi connectivity index (χ3v) is 0.619. The molecule has 0 fully saturated rings. The van der Waals surface area contributed by atoms with Crippen LogP contribution in [-0.2, 0) is 32.7 Å². The van der Waals surface area contributed by atoms with Gasteiger partial charge in [-0.3, -0.25) is 0 Å². The van der Waals surface area contributed by atoms with Crippen LogP contribution in [0.25, 0.3) is 0 Å². The summed E-state index contributed by atoms with van der Waals surface area (Å²) in [5.74, 6) is 0.460. The molecule has 1 radical (unpaired) electrons. The first kappa shape index (κ1) is 12.5. The molecule has 0 aliphatic carbocycles. The second-order valence-electron chi connectivity index (χ2n) is 2.02. The molecule has 0 bridgehead atoms. The summed E-state index contributed by atoms with van der Waals surface area (Å²) in [6.45, 7) is 8.59. The Morgan fingerprint density at radius 2 is 2.11 bits per heavy atom. The van der Waals surface area contributed by atoms with Gasteiger partial charge in [0.15, 0.2) is 0 Å². The summed E-state index contributed by atoms with van der Waals surface area (Å²) in [4.78, 5) is 3.98. The van der Waals surface area contributed by atoms with Crippen molar-refractivity contribution < 1.29 is 32.7 Å². The molecular formula is C7H13NY-2. The van der Waals surface area contributed by atoms with E-state index in [1.54, 1.807) is 0 Å². The van der Waals surface area contributed by atoms with Gasteiger partial charge in [0.1, 0.15) is 0 Å². The van der Waals surface area contributed by atoms with E-state index in [4.69, 9.17) is 0 Å². The first-order valence-corrected chi connectivity index (χ1v) is 2.98. The largest absolute Gasteiger partial charge is 0.505 e. The average Bonchev–Trinajstić information content (AvgIpc) is 1.66. The topological polar surface area (TPSA) is 12.4 Å². The van der Waals surface area contributed by atoms with E-state index in [-0.39, 0.29) is 32.7 Å². The maximum absolute atomic E-state index is 3.98. The fourth-order valence-electron chi connectivity index (χ4n) is 0.326. The Morgan fingerprint density at radius 3 is 2.44 bits per heavy atom. The van der Waals surface area contributed by atoms with Gasteiger partial charge >= 0.3 is 0 Å². The standard InChI is InChI=1S/C7H13N.Y/c1-4-5-8-6-7(2)3;/h7H,1,4-5H2,2-3H3;/q-2;. The molecule has 0 aromatic carbocycles. The van der Waals surface area contributed by atoms with E-state index in [0.29, 0.717) is 5.92 Å². The summed E-state index contributed by atoms with van der Waals surface area (Å²) >= 11 is 0. The van der Waals surface area contributed by atoms with Crippen molar-refractivity contribution in [3.8, 4) is 0 Å². The molecule has 0 heterocycles. The van der Waals surface area contributed by atoms with Crippen molar-refractivity contribution in [3.05, 3.63) is 6.92 Å². The molecule has 0 aromatic heterocycles. The zero-order valence-corrected chi connectivity index (χ0v) is 9.06. The molecule has 1 nitrogen and oxygen atoms in total. The van der Waals surface area contributed by atoms with Crippen LogP contribution in [0.5, 0.6) is 0 Å². The Balaban J connectivity index is 0. The van der Waals surface area contributed by atoms with Crippen LogP contribution < -0.4 is 0 Å². The number of hydrogen-bond donors (Lipinski definition) is 0. The van der Waals surface area contributed by atoms with Crippen molar-refractivity contribution in [2.45, 2.75) is 20.3 Å². The molecule has 0 aromatic rings. The maximum atomic E-state index is 3.98. The van der Waals surface area contributed by atoms with Crippen molar-refractivity contribution >= 4 is 6.21 Å². The Morgan fingerprint density at radius 1 is 1.56 bits per heavy atom. The van der Waals surface area contributed by atoms with Gasteiger partial charge in [-0.25, -0.2) is 0 Å². The normalized spacial score (nSPS) is 10.2. The Kier molecular flexibility index (Phi) is 12.1. The second kappa shape index (κ2) is 8.77. The molecule has 0 saturated carbocycles. The van der Waals surface area contributed by atoms with Crippen LogP contribution in [-0.4, -0.2) is 12.8 Å². The van der Waals surface area contributed by atoms with Crippen LogP contribution >= 0.6 is 0 Å². The summed E-state index contributed by atoms with van der Waals surface area (Å²) < 4.78 is 0. The molecule has 0 saturated heterocycles. The molecule has 0 atom stereocenters. The molecule has 0 aliphatic rings. The fraction of sp³-hybridized carbons (Fsp3) is 0.714. The van der Waals surface area contributed by atoms with Crippen molar-refractivity contribution in [2.75, 3.05) is 6.54 Å². The summed E-state index contributed by atoms with van der Waals surface area (Å²) in [7, 11) is 0. The smallest absolute Gasteiger partial charge is 0 e. The van der Waals surface area contributed by atoms with Crippen LogP contribution in [0, 0.1) is 12.8 Å². The number of aliphatic imine (C=N–C) groups is 1. The monoisotopic (exact) mass is 200 g/mol. The predicted molar refractivity (Wildman–Crippen MR) is 37.1 cm³/mol. The third-order valence-electron chi connectivity index (χ3n) is 0.619. The number of nitrogens with zero attached hydrogens (tertiary/aromatic N) is 1. The summed E-state index contributed by atoms with van der Waals surface area (Å²) in [5, 5.41) is 0. The first-order chi connectivity index (χ1) is 3.77. The van der Waals surface area contributed by atoms with Gasteiger partial charge in [0, 0.05) is 32.7 Å². The van der Waals surface area contributed by atoms with Crippen LogP contribution in [0.1, 0.15) is 20.3 Å². The van der Waals surface area contributed by atoms with Gasteiger partial charge in [-0.1, -0.05) is 13.8 Å². The van der Waals surface area contributed by atoms with E-state index in [1.807, 2.05) is 0 Å². The van der Waals surface area contributed by atoms with E-state index < -0.39 is 0 Å². The minimum atomic E-state index is 0. The third kappa shape index (κ3) is 12.1. The van der Waals surface area contributed by atoms with Crippen LogP contribution in [0.4, 0.5) is 0 Å². The van der Waals surface area contributed by atoms with E-state index >= 15 is 0 Å². The first-order valence-electron chi connectivity index (χ1n) is 2.98. The molecule has 0 aliphatic heterocycles. The van der Waals surface area contributed by atoms with E-state index in [0.717, 1.165) is 13.0 Å². The van der Waals surface area contributed by atoms with Crippen LogP contribution in [0.15, 0.2) is 4.99 Å². The van der Waals surface area contributed by atoms with Gasteiger partial charge < -0.3 is 18.1 Å². The van der Waals surface area contributed by atoms with Gasteiger partial charge in [-0.15, -0.1) is 0 Å². The maximum Gasteiger partial charge on any atom is 0 e. The molecule has 2 heteroatoms. The van der Waals surface area contributed by atoms with Gasteiger partial charge in [0.05, 0.1) is 0 Å². The Bertz CT molecular complexity index is 69.3. The molecule has 0 rings (SSSR count). The zero-order valence-electron chi connectivity index (χ0n) is 6.22. The minimum Gasteiger partial charge on any atom is -0.505 e. The minimum absolute atomic E-state index is 0. The summed E-state index contributed by atoms with van der Waals surface area (Å²) in [5.41, 5.74) is 0. The van der Waals surface area contributed by atoms with Gasteiger partial charge in [0.2, 0.25) is 0 Å². The second-order valence-corrected chi connectivity index (χ2v) is 2.02.